The molecule has 1 N–H and O–H groups in total. The standard InChI is InChI=1S/C45H86O5/c1-3-5-7-9-11-13-15-17-19-20-21-22-23-24-26-27-29-31-33-35-37-39-44(47)49-42-43(41-46)50-45(48)40-38-36-34-32-30-28-25-18-16-14-12-10-8-6-4-2/h18,25,43,46H,3-17,19-24,26-42H2,1-2H3/b25-18-/t43-/m0/s1. The second-order valence-corrected chi connectivity index (χ2v) is 15.1. The number of aliphatic hydroxyl groups is 1. The summed E-state index contributed by atoms with van der Waals surface area (Å²) in [6, 6.07) is 0. The number of ether oxygens (including phenoxy) is 2. The molecule has 0 bridgehead atoms. The Balaban J connectivity index is 3.47. The van der Waals surface area contributed by atoms with Crippen LogP contribution in [0.2, 0.25) is 0 Å². The molecule has 0 unspecified atom stereocenters. The van der Waals surface area contributed by atoms with E-state index in [-0.39, 0.29) is 25.2 Å². The maximum Gasteiger partial charge on any atom is 0.306 e. The minimum Gasteiger partial charge on any atom is -0.462 e. The summed E-state index contributed by atoms with van der Waals surface area (Å²) in [5.41, 5.74) is 0. The van der Waals surface area contributed by atoms with Crippen LogP contribution < -0.4 is 0 Å². The highest BCUT2D eigenvalue weighted by molar-refractivity contribution is 5.70. The Hall–Kier alpha value is -1.36. The Morgan fingerprint density at radius 1 is 0.440 bits per heavy atom. The molecule has 296 valence electrons. The molecular formula is C45H86O5. The van der Waals surface area contributed by atoms with Crippen LogP contribution >= 0.6 is 0 Å². The van der Waals surface area contributed by atoms with Crippen LogP contribution in [0.1, 0.15) is 245 Å². The predicted octanol–water partition coefficient (Wildman–Crippen LogP) is 14.1. The summed E-state index contributed by atoms with van der Waals surface area (Å²) >= 11 is 0. The van der Waals surface area contributed by atoms with E-state index < -0.39 is 6.10 Å². The molecule has 0 heterocycles. The van der Waals surface area contributed by atoms with E-state index >= 15 is 0 Å². The van der Waals surface area contributed by atoms with Crippen molar-refractivity contribution in [1.29, 1.82) is 0 Å². The van der Waals surface area contributed by atoms with Crippen LogP contribution in [-0.2, 0) is 19.1 Å². The van der Waals surface area contributed by atoms with Gasteiger partial charge in [-0.3, -0.25) is 9.59 Å². The number of hydrogen-bond acceptors (Lipinski definition) is 5. The van der Waals surface area contributed by atoms with Crippen LogP contribution in [0.25, 0.3) is 0 Å². The third-order valence-electron chi connectivity index (χ3n) is 10.1. The van der Waals surface area contributed by atoms with Gasteiger partial charge in [0.25, 0.3) is 0 Å². The smallest absolute Gasteiger partial charge is 0.306 e. The quantitative estimate of drug-likeness (QED) is 0.0389. The minimum atomic E-state index is -0.769. The summed E-state index contributed by atoms with van der Waals surface area (Å²) in [4.78, 5) is 24.3. The molecular weight excluding hydrogens is 620 g/mol. The van der Waals surface area contributed by atoms with Crippen molar-refractivity contribution < 1.29 is 24.2 Å². The third-order valence-corrected chi connectivity index (χ3v) is 10.1. The minimum absolute atomic E-state index is 0.0628. The molecule has 0 saturated carbocycles. The van der Waals surface area contributed by atoms with Crippen LogP contribution in [0.3, 0.4) is 0 Å². The fourth-order valence-electron chi connectivity index (χ4n) is 6.67. The van der Waals surface area contributed by atoms with Gasteiger partial charge >= 0.3 is 11.9 Å². The second-order valence-electron chi connectivity index (χ2n) is 15.1. The maximum atomic E-state index is 12.2. The van der Waals surface area contributed by atoms with Gasteiger partial charge in [-0.05, 0) is 38.5 Å². The van der Waals surface area contributed by atoms with E-state index in [1.807, 2.05) is 0 Å². The van der Waals surface area contributed by atoms with E-state index in [4.69, 9.17) is 9.47 Å². The van der Waals surface area contributed by atoms with Crippen molar-refractivity contribution in [2.45, 2.75) is 251 Å². The summed E-state index contributed by atoms with van der Waals surface area (Å²) in [6.45, 7) is 4.16. The van der Waals surface area contributed by atoms with Crippen LogP contribution in [0.4, 0.5) is 0 Å². The highest BCUT2D eigenvalue weighted by atomic mass is 16.6. The molecule has 0 aromatic carbocycles. The Kier molecular flexibility index (Phi) is 40.9. The number of allylic oxidation sites excluding steroid dienone is 2. The molecule has 50 heavy (non-hydrogen) atoms. The summed E-state index contributed by atoms with van der Waals surface area (Å²) < 4.78 is 10.6. The number of carbonyl (C=O) groups excluding carboxylic acids is 2. The number of rotatable bonds is 41. The average Bonchev–Trinajstić information content (AvgIpc) is 3.12. The monoisotopic (exact) mass is 707 g/mol. The van der Waals surface area contributed by atoms with Gasteiger partial charge in [-0.1, -0.05) is 206 Å². The Bertz CT molecular complexity index is 720. The first-order chi connectivity index (χ1) is 24.6. The van der Waals surface area contributed by atoms with Gasteiger partial charge < -0.3 is 14.6 Å². The van der Waals surface area contributed by atoms with Gasteiger partial charge in [0, 0.05) is 12.8 Å². The van der Waals surface area contributed by atoms with Crippen molar-refractivity contribution in [2.24, 2.45) is 0 Å². The molecule has 0 aliphatic heterocycles. The molecule has 0 amide bonds. The van der Waals surface area contributed by atoms with E-state index in [2.05, 4.69) is 26.0 Å². The topological polar surface area (TPSA) is 72.8 Å². The van der Waals surface area contributed by atoms with E-state index in [0.717, 1.165) is 38.5 Å². The molecule has 0 aliphatic rings. The molecule has 0 saturated heterocycles. The molecule has 5 heteroatoms. The molecule has 0 aromatic rings. The first-order valence-electron chi connectivity index (χ1n) is 22.2. The second kappa shape index (κ2) is 42.1. The summed E-state index contributed by atoms with van der Waals surface area (Å²) in [6.07, 6.45) is 48.6. The molecule has 0 aliphatic carbocycles. The average molecular weight is 707 g/mol. The van der Waals surface area contributed by atoms with E-state index in [1.165, 1.54) is 180 Å². The molecule has 0 radical (unpaired) electrons. The lowest BCUT2D eigenvalue weighted by atomic mass is 10.0. The van der Waals surface area contributed by atoms with Crippen molar-refractivity contribution in [3.63, 3.8) is 0 Å². The molecule has 0 aromatic heterocycles. The highest BCUT2D eigenvalue weighted by Crippen LogP contribution is 2.16. The van der Waals surface area contributed by atoms with Crippen molar-refractivity contribution in [3.8, 4) is 0 Å². The fourth-order valence-corrected chi connectivity index (χ4v) is 6.67. The summed E-state index contributed by atoms with van der Waals surface area (Å²) in [5, 5.41) is 9.57. The lowest BCUT2D eigenvalue weighted by Crippen LogP contribution is -2.28. The van der Waals surface area contributed by atoms with Gasteiger partial charge in [0.15, 0.2) is 6.10 Å². The van der Waals surface area contributed by atoms with Crippen LogP contribution in [-0.4, -0.2) is 36.4 Å². The number of carbonyl (C=O) groups is 2. The van der Waals surface area contributed by atoms with Gasteiger partial charge in [-0.25, -0.2) is 0 Å². The van der Waals surface area contributed by atoms with E-state index in [1.54, 1.807) is 0 Å². The largest absolute Gasteiger partial charge is 0.462 e. The molecule has 0 fully saturated rings. The summed E-state index contributed by atoms with van der Waals surface area (Å²) in [7, 11) is 0. The van der Waals surface area contributed by atoms with Gasteiger partial charge in [-0.2, -0.15) is 0 Å². The van der Waals surface area contributed by atoms with Crippen molar-refractivity contribution in [1.82, 2.24) is 0 Å². The van der Waals surface area contributed by atoms with E-state index in [0.29, 0.717) is 12.8 Å². The number of hydrogen-bond donors (Lipinski definition) is 1. The lowest BCUT2D eigenvalue weighted by molar-refractivity contribution is -0.161. The van der Waals surface area contributed by atoms with Crippen molar-refractivity contribution in [3.05, 3.63) is 12.2 Å². The fraction of sp³-hybridized carbons (Fsp3) is 0.911. The zero-order valence-corrected chi connectivity index (χ0v) is 33.7. The van der Waals surface area contributed by atoms with Gasteiger partial charge in [-0.15, -0.1) is 0 Å². The molecule has 0 rings (SSSR count). The lowest BCUT2D eigenvalue weighted by Gasteiger charge is -2.15. The first kappa shape index (κ1) is 48.6. The zero-order chi connectivity index (χ0) is 36.4. The van der Waals surface area contributed by atoms with Crippen molar-refractivity contribution >= 4 is 11.9 Å². The highest BCUT2D eigenvalue weighted by Gasteiger charge is 2.16. The number of esters is 2. The van der Waals surface area contributed by atoms with Crippen LogP contribution in [0, 0.1) is 0 Å². The predicted molar refractivity (Wildman–Crippen MR) is 215 cm³/mol. The molecule has 0 spiro atoms. The Morgan fingerprint density at radius 3 is 1.08 bits per heavy atom. The maximum absolute atomic E-state index is 12.2. The van der Waals surface area contributed by atoms with Crippen LogP contribution in [0.5, 0.6) is 0 Å². The normalized spacial score (nSPS) is 12.1. The van der Waals surface area contributed by atoms with Crippen LogP contribution in [0.15, 0.2) is 12.2 Å². The summed E-state index contributed by atoms with van der Waals surface area (Å²) in [5.74, 6) is -0.586. The van der Waals surface area contributed by atoms with Gasteiger partial charge in [0.2, 0.25) is 0 Å². The van der Waals surface area contributed by atoms with Gasteiger partial charge in [0.05, 0.1) is 6.61 Å². The first-order valence-corrected chi connectivity index (χ1v) is 22.2. The number of aliphatic hydroxyl groups excluding tert-OH is 1. The molecule has 5 nitrogen and oxygen atoms in total. The number of unbranched alkanes of at least 4 members (excludes halogenated alkanes) is 31. The van der Waals surface area contributed by atoms with E-state index in [9.17, 15) is 14.7 Å². The zero-order valence-electron chi connectivity index (χ0n) is 33.7. The molecule has 1 atom stereocenters. The Labute approximate surface area is 311 Å². The Morgan fingerprint density at radius 2 is 0.740 bits per heavy atom. The third kappa shape index (κ3) is 39.4. The van der Waals surface area contributed by atoms with Gasteiger partial charge in [0.1, 0.15) is 6.61 Å². The van der Waals surface area contributed by atoms with Crippen molar-refractivity contribution in [2.75, 3.05) is 13.2 Å². The SMILES string of the molecule is CCCCCCCC/C=C\CCCCCCCC(=O)O[C@@H](CO)COC(=O)CCCCCCCCCCCCCCCCCCCCCCC.